The van der Waals surface area contributed by atoms with E-state index in [1.807, 2.05) is 30.5 Å². The fourth-order valence-corrected chi connectivity index (χ4v) is 3.18. The van der Waals surface area contributed by atoms with E-state index in [0.717, 1.165) is 39.7 Å². The summed E-state index contributed by atoms with van der Waals surface area (Å²) in [5.74, 6) is 0. The third kappa shape index (κ3) is 3.23. The van der Waals surface area contributed by atoms with Crippen LogP contribution in [0, 0.1) is 0 Å². The summed E-state index contributed by atoms with van der Waals surface area (Å²) < 4.78 is 0. The monoisotopic (exact) mass is 333 g/mol. The third-order valence-electron chi connectivity index (χ3n) is 3.67. The molecule has 0 unspecified atom stereocenters. The van der Waals surface area contributed by atoms with Crippen molar-refractivity contribution in [2.24, 2.45) is 0 Å². The molecule has 5 nitrogen and oxygen atoms in total. The van der Waals surface area contributed by atoms with E-state index in [1.54, 1.807) is 6.20 Å². The molecule has 4 rings (SSSR count). The topological polar surface area (TPSA) is 63.6 Å². The summed E-state index contributed by atoms with van der Waals surface area (Å²) in [5.41, 5.74) is 3.05. The largest absolute Gasteiger partial charge is 0.360 e. The van der Waals surface area contributed by atoms with Gasteiger partial charge < -0.3 is 5.32 Å². The lowest BCUT2D eigenvalue weighted by Crippen LogP contribution is -2.04. The van der Waals surface area contributed by atoms with Crippen molar-refractivity contribution in [1.29, 1.82) is 0 Å². The number of nitrogens with one attached hydrogen (secondary N) is 1. The number of aromatic nitrogens is 4. The second kappa shape index (κ2) is 6.72. The molecule has 3 aromatic heterocycles. The van der Waals surface area contributed by atoms with E-state index in [4.69, 9.17) is 0 Å². The third-order valence-corrected chi connectivity index (χ3v) is 4.57. The Hall–Kier alpha value is -2.86. The van der Waals surface area contributed by atoms with Crippen LogP contribution in [0.5, 0.6) is 0 Å². The van der Waals surface area contributed by atoms with E-state index in [2.05, 4.69) is 49.7 Å². The number of pyridine rings is 2. The first kappa shape index (κ1) is 14.7. The zero-order chi connectivity index (χ0) is 16.2. The summed E-state index contributed by atoms with van der Waals surface area (Å²) in [4.78, 5) is 8.73. The van der Waals surface area contributed by atoms with Crippen LogP contribution in [-0.4, -0.2) is 26.7 Å². The van der Waals surface area contributed by atoms with Gasteiger partial charge in [0.05, 0.1) is 5.52 Å². The summed E-state index contributed by atoms with van der Waals surface area (Å²) in [6.07, 6.45) is 4.51. The maximum absolute atomic E-state index is 4.63. The summed E-state index contributed by atoms with van der Waals surface area (Å²) in [5, 5.41) is 14.4. The summed E-state index contributed by atoms with van der Waals surface area (Å²) in [6, 6.07) is 16.3. The van der Waals surface area contributed by atoms with Crippen molar-refractivity contribution < 1.29 is 0 Å². The van der Waals surface area contributed by atoms with Crippen LogP contribution in [0.2, 0.25) is 0 Å². The quantitative estimate of drug-likeness (QED) is 0.602. The molecule has 0 saturated heterocycles. The van der Waals surface area contributed by atoms with Crippen molar-refractivity contribution in [2.75, 3.05) is 11.9 Å². The minimum absolute atomic E-state index is 0.816. The molecule has 0 radical (unpaired) electrons. The van der Waals surface area contributed by atoms with E-state index < -0.39 is 0 Å². The van der Waals surface area contributed by atoms with Crippen LogP contribution in [0.4, 0.5) is 5.13 Å². The van der Waals surface area contributed by atoms with Crippen molar-refractivity contribution in [2.45, 2.75) is 6.42 Å². The molecule has 1 N–H and O–H groups in total. The molecule has 24 heavy (non-hydrogen) atoms. The maximum Gasteiger partial charge on any atom is 0.206 e. The standard InChI is InChI=1S/C18H15N5S/c1-2-4-13(5-3-1)8-11-20-18-23-22-17(24-18)16-7-6-14-12-19-10-9-15(14)21-16/h1-7,9-10,12H,8,11H2,(H,20,23). The maximum atomic E-state index is 4.63. The van der Waals surface area contributed by atoms with E-state index in [-0.39, 0.29) is 0 Å². The van der Waals surface area contributed by atoms with Gasteiger partial charge in [-0.25, -0.2) is 4.98 Å². The highest BCUT2D eigenvalue weighted by atomic mass is 32.1. The van der Waals surface area contributed by atoms with Crippen molar-refractivity contribution in [3.63, 3.8) is 0 Å². The molecule has 0 saturated carbocycles. The van der Waals surface area contributed by atoms with Crippen molar-refractivity contribution in [3.8, 4) is 10.7 Å². The van der Waals surface area contributed by atoms with Gasteiger partial charge in [-0.1, -0.05) is 41.7 Å². The van der Waals surface area contributed by atoms with Crippen molar-refractivity contribution >= 4 is 27.4 Å². The second-order valence-corrected chi connectivity index (χ2v) is 6.32. The molecule has 0 aliphatic rings. The Morgan fingerprint density at radius 3 is 2.79 bits per heavy atom. The molecule has 0 bridgehead atoms. The van der Waals surface area contributed by atoms with E-state index in [1.165, 1.54) is 16.9 Å². The average molecular weight is 333 g/mol. The number of fused-ring (bicyclic) bond motifs is 1. The van der Waals surface area contributed by atoms with Crippen LogP contribution in [-0.2, 0) is 6.42 Å². The first-order chi connectivity index (χ1) is 11.9. The molecule has 118 valence electrons. The Balaban J connectivity index is 1.45. The molecule has 0 amide bonds. The van der Waals surface area contributed by atoms with Gasteiger partial charge in [0.2, 0.25) is 5.13 Å². The van der Waals surface area contributed by atoms with Gasteiger partial charge in [-0.3, -0.25) is 4.98 Å². The zero-order valence-electron chi connectivity index (χ0n) is 12.9. The molecular weight excluding hydrogens is 318 g/mol. The van der Waals surface area contributed by atoms with Gasteiger partial charge in [-0.2, -0.15) is 0 Å². The van der Waals surface area contributed by atoms with Crippen molar-refractivity contribution in [3.05, 3.63) is 66.5 Å². The summed E-state index contributed by atoms with van der Waals surface area (Å²) in [7, 11) is 0. The van der Waals surface area contributed by atoms with Gasteiger partial charge in [0.1, 0.15) is 5.69 Å². The number of nitrogens with zero attached hydrogens (tertiary/aromatic N) is 4. The van der Waals surface area contributed by atoms with Gasteiger partial charge in [-0.05, 0) is 30.2 Å². The van der Waals surface area contributed by atoms with E-state index in [0.29, 0.717) is 0 Å². The highest BCUT2D eigenvalue weighted by Gasteiger charge is 2.08. The molecule has 1 aromatic carbocycles. The Labute approximate surface area is 143 Å². The number of hydrogen-bond acceptors (Lipinski definition) is 6. The van der Waals surface area contributed by atoms with Crippen molar-refractivity contribution in [1.82, 2.24) is 20.2 Å². The highest BCUT2D eigenvalue weighted by Crippen LogP contribution is 2.26. The normalized spacial score (nSPS) is 10.8. The van der Waals surface area contributed by atoms with Crippen LogP contribution in [0.1, 0.15) is 5.56 Å². The number of rotatable bonds is 5. The molecule has 4 aromatic rings. The highest BCUT2D eigenvalue weighted by molar-refractivity contribution is 7.18. The van der Waals surface area contributed by atoms with E-state index >= 15 is 0 Å². The first-order valence-electron chi connectivity index (χ1n) is 7.71. The Bertz CT molecular complexity index is 952. The molecule has 0 fully saturated rings. The smallest absolute Gasteiger partial charge is 0.206 e. The Morgan fingerprint density at radius 2 is 1.88 bits per heavy atom. The minimum atomic E-state index is 0.816. The second-order valence-electron chi connectivity index (χ2n) is 5.34. The summed E-state index contributed by atoms with van der Waals surface area (Å²) in [6.45, 7) is 0.829. The fraction of sp³-hybridized carbons (Fsp3) is 0.111. The molecule has 0 aliphatic carbocycles. The lowest BCUT2D eigenvalue weighted by molar-refractivity contribution is 0.995. The SMILES string of the molecule is c1ccc(CCNc2nnc(-c3ccc4cnccc4n3)s2)cc1. The fourth-order valence-electron chi connectivity index (χ4n) is 2.44. The molecule has 0 spiro atoms. The number of anilines is 1. The lowest BCUT2D eigenvalue weighted by atomic mass is 10.2. The Kier molecular flexibility index (Phi) is 4.12. The lowest BCUT2D eigenvalue weighted by Gasteiger charge is -2.01. The van der Waals surface area contributed by atoms with Gasteiger partial charge >= 0.3 is 0 Å². The average Bonchev–Trinajstić information content (AvgIpc) is 3.11. The predicted octanol–water partition coefficient (Wildman–Crippen LogP) is 3.80. The molecule has 0 atom stereocenters. The molecular formula is C18H15N5S. The summed E-state index contributed by atoms with van der Waals surface area (Å²) >= 11 is 1.52. The van der Waals surface area contributed by atoms with Crippen LogP contribution >= 0.6 is 11.3 Å². The number of hydrogen-bond donors (Lipinski definition) is 1. The van der Waals surface area contributed by atoms with Crippen LogP contribution in [0.25, 0.3) is 21.6 Å². The zero-order valence-corrected chi connectivity index (χ0v) is 13.7. The van der Waals surface area contributed by atoms with Gasteiger partial charge in [0, 0.05) is 24.3 Å². The van der Waals surface area contributed by atoms with Crippen LogP contribution < -0.4 is 5.32 Å². The number of benzene rings is 1. The molecule has 0 aliphatic heterocycles. The minimum Gasteiger partial charge on any atom is -0.360 e. The van der Waals surface area contributed by atoms with Crippen LogP contribution in [0.15, 0.2) is 60.9 Å². The van der Waals surface area contributed by atoms with E-state index in [9.17, 15) is 0 Å². The van der Waals surface area contributed by atoms with Gasteiger partial charge in [0.25, 0.3) is 0 Å². The van der Waals surface area contributed by atoms with Gasteiger partial charge in [-0.15, -0.1) is 10.2 Å². The first-order valence-corrected chi connectivity index (χ1v) is 8.52. The van der Waals surface area contributed by atoms with Gasteiger partial charge in [0.15, 0.2) is 5.01 Å². The molecule has 3 heterocycles. The predicted molar refractivity (Wildman–Crippen MR) is 97.1 cm³/mol. The Morgan fingerprint density at radius 1 is 0.958 bits per heavy atom. The van der Waals surface area contributed by atoms with Crippen LogP contribution in [0.3, 0.4) is 0 Å². The molecule has 6 heteroatoms.